The van der Waals surface area contributed by atoms with Gasteiger partial charge in [-0.15, -0.1) is 0 Å². The fourth-order valence-corrected chi connectivity index (χ4v) is 2.12. The van der Waals surface area contributed by atoms with E-state index in [0.717, 1.165) is 0 Å². The summed E-state index contributed by atoms with van der Waals surface area (Å²) in [6.07, 6.45) is 0.804. The van der Waals surface area contributed by atoms with E-state index in [-0.39, 0.29) is 23.0 Å². The van der Waals surface area contributed by atoms with E-state index in [9.17, 15) is 9.59 Å². The van der Waals surface area contributed by atoms with Crippen molar-refractivity contribution in [2.24, 2.45) is 0 Å². The molecule has 0 saturated heterocycles. The normalized spacial score (nSPS) is 14.6. The number of carbonyl (C=O) groups excluding carboxylic acids is 2. The van der Waals surface area contributed by atoms with Crippen molar-refractivity contribution < 1.29 is 14.3 Å². The Morgan fingerprint density at radius 1 is 1.21 bits per heavy atom. The Morgan fingerprint density at radius 2 is 1.79 bits per heavy atom. The molecule has 0 aliphatic carbocycles. The molecule has 0 spiro atoms. The van der Waals surface area contributed by atoms with Crippen LogP contribution in [-0.4, -0.2) is 28.0 Å². The number of Topliss-reactive ketones (excluding diaryl/α,β-unsaturated/α-hetero) is 1. The summed E-state index contributed by atoms with van der Waals surface area (Å²) in [5, 5.41) is 0. The van der Waals surface area contributed by atoms with Crippen LogP contribution in [0.2, 0.25) is 0 Å². The maximum atomic E-state index is 11.5. The third kappa shape index (κ3) is 5.10. The molecule has 0 aromatic heterocycles. The second-order valence-corrected chi connectivity index (χ2v) is 4.97. The maximum Gasteiger partial charge on any atom is 0.307 e. The lowest BCUT2D eigenvalue weighted by Gasteiger charge is -2.11. The van der Waals surface area contributed by atoms with Gasteiger partial charge in [0.25, 0.3) is 0 Å². The van der Waals surface area contributed by atoms with Crippen molar-refractivity contribution in [3.8, 4) is 0 Å². The highest BCUT2D eigenvalue weighted by atomic mass is 79.9. The highest BCUT2D eigenvalue weighted by molar-refractivity contribution is 9.10. The summed E-state index contributed by atoms with van der Waals surface area (Å²) < 4.78 is 4.74. The number of hydrogen-bond donors (Lipinski definition) is 0. The number of alkyl halides is 2. The predicted molar refractivity (Wildman–Crippen MR) is 62.0 cm³/mol. The summed E-state index contributed by atoms with van der Waals surface area (Å²) in [4.78, 5) is 21.9. The largest absolute Gasteiger partial charge is 0.466 e. The van der Waals surface area contributed by atoms with Crippen LogP contribution < -0.4 is 0 Å². The van der Waals surface area contributed by atoms with Gasteiger partial charge in [0, 0.05) is 0 Å². The first-order chi connectivity index (χ1) is 6.52. The van der Waals surface area contributed by atoms with Crippen LogP contribution in [0.4, 0.5) is 0 Å². The minimum Gasteiger partial charge on any atom is -0.466 e. The van der Waals surface area contributed by atoms with E-state index in [4.69, 9.17) is 4.74 Å². The van der Waals surface area contributed by atoms with Gasteiger partial charge in [0.15, 0.2) is 5.78 Å². The Bertz CT molecular complexity index is 206. The average Bonchev–Trinajstić information content (AvgIpc) is 2.15. The molecule has 0 radical (unpaired) electrons. The van der Waals surface area contributed by atoms with E-state index >= 15 is 0 Å². The Morgan fingerprint density at radius 3 is 2.21 bits per heavy atom. The molecule has 0 bridgehead atoms. The molecule has 3 nitrogen and oxygen atoms in total. The summed E-state index contributed by atoms with van der Waals surface area (Å²) in [6.45, 7) is 3.99. The number of hydrogen-bond acceptors (Lipinski definition) is 3. The van der Waals surface area contributed by atoms with Crippen LogP contribution in [-0.2, 0) is 14.3 Å². The van der Waals surface area contributed by atoms with Crippen LogP contribution in [0.5, 0.6) is 0 Å². The fraction of sp³-hybridized carbons (Fsp3) is 0.778. The minimum absolute atomic E-state index is 0.0134. The van der Waals surface area contributed by atoms with Gasteiger partial charge in [-0.05, 0) is 13.3 Å². The highest BCUT2D eigenvalue weighted by Gasteiger charge is 2.24. The topological polar surface area (TPSA) is 43.4 Å². The van der Waals surface area contributed by atoms with Crippen LogP contribution in [0.3, 0.4) is 0 Å². The van der Waals surface area contributed by atoms with E-state index in [1.54, 1.807) is 6.92 Å². The maximum absolute atomic E-state index is 11.5. The second-order valence-electron chi connectivity index (χ2n) is 2.75. The van der Waals surface area contributed by atoms with Crippen LogP contribution in [0.15, 0.2) is 0 Å². The Balaban J connectivity index is 4.01. The first-order valence-electron chi connectivity index (χ1n) is 4.50. The lowest BCUT2D eigenvalue weighted by Crippen LogP contribution is -2.26. The SMILES string of the molecule is CCOC(=O)CC(Br)C(=O)C(Br)CC. The third-order valence-corrected chi connectivity index (χ3v) is 3.50. The van der Waals surface area contributed by atoms with Crippen LogP contribution in [0.1, 0.15) is 26.7 Å². The highest BCUT2D eigenvalue weighted by Crippen LogP contribution is 2.16. The van der Waals surface area contributed by atoms with Gasteiger partial charge < -0.3 is 4.74 Å². The number of carbonyl (C=O) groups is 2. The standard InChI is InChI=1S/C9H14Br2O3/c1-3-6(10)9(13)7(11)5-8(12)14-4-2/h6-7H,3-5H2,1-2H3. The lowest BCUT2D eigenvalue weighted by molar-refractivity contribution is -0.144. The summed E-state index contributed by atoms with van der Waals surface area (Å²) in [7, 11) is 0. The van der Waals surface area contributed by atoms with E-state index in [2.05, 4.69) is 31.9 Å². The molecule has 82 valence electrons. The van der Waals surface area contributed by atoms with Crippen molar-refractivity contribution in [3.05, 3.63) is 0 Å². The number of ether oxygens (including phenoxy) is 1. The Labute approximate surface area is 101 Å². The zero-order valence-corrected chi connectivity index (χ0v) is 11.4. The molecule has 0 aliphatic rings. The molecule has 2 unspecified atom stereocenters. The molecule has 0 N–H and O–H groups in total. The third-order valence-electron chi connectivity index (χ3n) is 1.63. The van der Waals surface area contributed by atoms with E-state index < -0.39 is 4.83 Å². The predicted octanol–water partition coefficient (Wildman–Crippen LogP) is 2.45. The molecule has 0 amide bonds. The molecule has 0 aromatic rings. The van der Waals surface area contributed by atoms with Crippen LogP contribution in [0, 0.1) is 0 Å². The van der Waals surface area contributed by atoms with Crippen molar-refractivity contribution in [2.45, 2.75) is 36.3 Å². The van der Waals surface area contributed by atoms with Crippen LogP contribution in [0.25, 0.3) is 0 Å². The first kappa shape index (κ1) is 14.1. The summed E-state index contributed by atoms with van der Waals surface area (Å²) in [6, 6.07) is 0. The Hall–Kier alpha value is 0.1000. The molecule has 0 rings (SSSR count). The quantitative estimate of drug-likeness (QED) is 0.555. The molecule has 0 heterocycles. The zero-order chi connectivity index (χ0) is 11.1. The molecule has 0 fully saturated rings. The van der Waals surface area contributed by atoms with Crippen molar-refractivity contribution in [2.75, 3.05) is 6.61 Å². The molecule has 0 saturated carbocycles. The molecular formula is C9H14Br2O3. The smallest absolute Gasteiger partial charge is 0.307 e. The van der Waals surface area contributed by atoms with Crippen molar-refractivity contribution in [1.29, 1.82) is 0 Å². The van der Waals surface area contributed by atoms with Gasteiger partial charge in [-0.25, -0.2) is 0 Å². The number of esters is 1. The fourth-order valence-electron chi connectivity index (χ4n) is 0.864. The molecule has 14 heavy (non-hydrogen) atoms. The van der Waals surface area contributed by atoms with Gasteiger partial charge in [-0.1, -0.05) is 38.8 Å². The van der Waals surface area contributed by atoms with Crippen LogP contribution >= 0.6 is 31.9 Å². The summed E-state index contributed by atoms with van der Waals surface area (Å²) >= 11 is 6.41. The van der Waals surface area contributed by atoms with E-state index in [0.29, 0.717) is 13.0 Å². The van der Waals surface area contributed by atoms with Gasteiger partial charge in [0.2, 0.25) is 0 Å². The number of ketones is 1. The molecule has 5 heteroatoms. The molecular weight excluding hydrogens is 316 g/mol. The summed E-state index contributed by atoms with van der Waals surface area (Å²) in [5.41, 5.74) is 0. The Kier molecular flexibility index (Phi) is 7.45. The first-order valence-corrected chi connectivity index (χ1v) is 6.33. The van der Waals surface area contributed by atoms with Crippen molar-refractivity contribution >= 4 is 43.6 Å². The summed E-state index contributed by atoms with van der Waals surface area (Å²) in [5.74, 6) is -0.362. The molecule has 2 atom stereocenters. The van der Waals surface area contributed by atoms with E-state index in [1.165, 1.54) is 0 Å². The van der Waals surface area contributed by atoms with Gasteiger partial charge in [0.1, 0.15) is 0 Å². The average molecular weight is 330 g/mol. The van der Waals surface area contributed by atoms with Gasteiger partial charge in [-0.3, -0.25) is 9.59 Å². The van der Waals surface area contributed by atoms with Crippen molar-refractivity contribution in [1.82, 2.24) is 0 Å². The van der Waals surface area contributed by atoms with Gasteiger partial charge in [-0.2, -0.15) is 0 Å². The van der Waals surface area contributed by atoms with E-state index in [1.807, 2.05) is 6.92 Å². The van der Waals surface area contributed by atoms with Gasteiger partial charge >= 0.3 is 5.97 Å². The zero-order valence-electron chi connectivity index (χ0n) is 8.26. The lowest BCUT2D eigenvalue weighted by atomic mass is 10.1. The van der Waals surface area contributed by atoms with Crippen molar-refractivity contribution in [3.63, 3.8) is 0 Å². The minimum atomic E-state index is -0.453. The molecule has 0 aliphatic heterocycles. The van der Waals surface area contributed by atoms with Gasteiger partial charge in [0.05, 0.1) is 22.7 Å². The monoisotopic (exact) mass is 328 g/mol. The number of rotatable bonds is 6. The second kappa shape index (κ2) is 7.40. The molecule has 0 aromatic carbocycles. The number of halogens is 2.